The van der Waals surface area contributed by atoms with Gasteiger partial charge in [0.1, 0.15) is 0 Å². The molecule has 1 aromatic carbocycles. The maximum absolute atomic E-state index is 5.91. The first kappa shape index (κ1) is 13.3. The second kappa shape index (κ2) is 6.73. The highest BCUT2D eigenvalue weighted by Gasteiger charge is 2.06. The Morgan fingerprint density at radius 2 is 2.00 bits per heavy atom. The van der Waals surface area contributed by atoms with E-state index in [2.05, 4.69) is 5.10 Å². The van der Waals surface area contributed by atoms with Gasteiger partial charge in [0.05, 0.1) is 16.7 Å². The van der Waals surface area contributed by atoms with Gasteiger partial charge in [-0.15, -0.1) is 0 Å². The minimum atomic E-state index is 0.314. The summed E-state index contributed by atoms with van der Waals surface area (Å²) in [6, 6.07) is 5.18. The minimum Gasteiger partial charge on any atom is -0.490 e. The van der Waals surface area contributed by atoms with Crippen molar-refractivity contribution in [3.05, 3.63) is 28.2 Å². The van der Waals surface area contributed by atoms with E-state index in [-0.39, 0.29) is 0 Å². The maximum atomic E-state index is 5.91. The van der Waals surface area contributed by atoms with Crippen molar-refractivity contribution in [1.82, 2.24) is 0 Å². The Hall–Kier alpha value is -0.780. The van der Waals surface area contributed by atoms with Crippen LogP contribution in [0.4, 0.5) is 0 Å². The highest BCUT2D eigenvalue weighted by molar-refractivity contribution is 8.13. The van der Waals surface area contributed by atoms with Crippen LogP contribution in [0.2, 0.25) is 10.0 Å². The summed E-state index contributed by atoms with van der Waals surface area (Å²) in [5.74, 6) is 6.07. The molecule has 4 nitrogen and oxygen atoms in total. The molecule has 0 aliphatic carbocycles. The third kappa shape index (κ3) is 4.00. The molecule has 0 unspecified atom stereocenters. The fourth-order valence-electron chi connectivity index (χ4n) is 0.948. The maximum Gasteiger partial charge on any atom is 0.177 e. The Morgan fingerprint density at radius 1 is 1.38 bits per heavy atom. The molecule has 7 heteroatoms. The van der Waals surface area contributed by atoms with Crippen LogP contribution in [0.15, 0.2) is 23.3 Å². The van der Waals surface area contributed by atoms with Crippen molar-refractivity contribution in [2.24, 2.45) is 16.7 Å². The monoisotopic (exact) mass is 279 g/mol. The average molecular weight is 280 g/mol. The number of amidine groups is 1. The Morgan fingerprint density at radius 3 is 2.56 bits per heavy atom. The molecule has 0 fully saturated rings. The van der Waals surface area contributed by atoms with Gasteiger partial charge in [0.2, 0.25) is 0 Å². The van der Waals surface area contributed by atoms with Gasteiger partial charge >= 0.3 is 0 Å². The van der Waals surface area contributed by atoms with Gasteiger partial charge in [-0.2, -0.15) is 5.10 Å². The van der Waals surface area contributed by atoms with Crippen LogP contribution >= 0.6 is 35.0 Å². The molecule has 0 saturated heterocycles. The summed E-state index contributed by atoms with van der Waals surface area (Å²) in [6.45, 7) is 0.421. The summed E-state index contributed by atoms with van der Waals surface area (Å²) in [7, 11) is 0. The number of thioether (sulfide) groups is 1. The molecule has 1 aromatic rings. The second-order valence-corrected chi connectivity index (χ2v) is 4.64. The van der Waals surface area contributed by atoms with Crippen LogP contribution in [0.3, 0.4) is 0 Å². The molecule has 0 amide bonds. The lowest BCUT2D eigenvalue weighted by Crippen LogP contribution is -2.12. The summed E-state index contributed by atoms with van der Waals surface area (Å²) in [6.07, 6.45) is 0. The third-order valence-electron chi connectivity index (χ3n) is 1.63. The number of hydrazone groups is 1. The zero-order valence-electron chi connectivity index (χ0n) is 8.32. The molecule has 0 atom stereocenters. The molecule has 0 radical (unpaired) electrons. The number of nitrogens with two attached hydrogens (primary N) is 2. The van der Waals surface area contributed by atoms with Crippen LogP contribution in [0.5, 0.6) is 5.75 Å². The summed E-state index contributed by atoms with van der Waals surface area (Å²) < 4.78 is 5.43. The van der Waals surface area contributed by atoms with Gasteiger partial charge in [-0.1, -0.05) is 41.0 Å². The molecule has 88 valence electrons. The standard InChI is InChI=1S/C9H11Cl2N3OS/c10-6-2-1-3-7(11)8(6)15-4-5-16-9(12)14-13/h1-3H,4-5,13H2,(H2,12,14). The van der Waals surface area contributed by atoms with Gasteiger partial charge < -0.3 is 16.3 Å². The van der Waals surface area contributed by atoms with Gasteiger partial charge in [-0.3, -0.25) is 0 Å². The summed E-state index contributed by atoms with van der Waals surface area (Å²) in [4.78, 5) is 0. The SMILES string of the molecule is NN=C(N)SCCOc1c(Cl)cccc1Cl. The van der Waals surface area contributed by atoms with E-state index in [9.17, 15) is 0 Å². The first-order valence-corrected chi connectivity index (χ1v) is 6.12. The average Bonchev–Trinajstić information content (AvgIpc) is 2.27. The summed E-state index contributed by atoms with van der Waals surface area (Å²) in [5, 5.41) is 4.60. The molecule has 4 N–H and O–H groups in total. The van der Waals surface area contributed by atoms with Gasteiger partial charge in [-0.05, 0) is 12.1 Å². The molecule has 0 heterocycles. The summed E-state index contributed by atoms with van der Waals surface area (Å²) in [5.41, 5.74) is 5.39. The molecule has 0 spiro atoms. The fraction of sp³-hybridized carbons (Fsp3) is 0.222. The number of hydrogen-bond acceptors (Lipinski definition) is 4. The van der Waals surface area contributed by atoms with E-state index in [1.807, 2.05) is 0 Å². The molecule has 16 heavy (non-hydrogen) atoms. The Kier molecular flexibility index (Phi) is 5.59. The van der Waals surface area contributed by atoms with Crippen molar-refractivity contribution in [3.8, 4) is 5.75 Å². The van der Waals surface area contributed by atoms with E-state index >= 15 is 0 Å². The lowest BCUT2D eigenvalue weighted by Gasteiger charge is -2.08. The van der Waals surface area contributed by atoms with Gasteiger partial charge in [0, 0.05) is 5.75 Å². The van der Waals surface area contributed by atoms with Crippen LogP contribution < -0.4 is 16.3 Å². The first-order chi connectivity index (χ1) is 7.65. The lowest BCUT2D eigenvalue weighted by molar-refractivity contribution is 0.344. The molecule has 0 saturated carbocycles. The zero-order chi connectivity index (χ0) is 12.0. The van der Waals surface area contributed by atoms with E-state index in [4.69, 9.17) is 39.5 Å². The van der Waals surface area contributed by atoms with Gasteiger partial charge in [0.25, 0.3) is 0 Å². The third-order valence-corrected chi connectivity index (χ3v) is 2.99. The number of hydrogen-bond donors (Lipinski definition) is 2. The van der Waals surface area contributed by atoms with E-state index < -0.39 is 0 Å². The second-order valence-electron chi connectivity index (χ2n) is 2.72. The molecule has 0 aliphatic rings. The van der Waals surface area contributed by atoms with Crippen molar-refractivity contribution in [1.29, 1.82) is 0 Å². The fourth-order valence-corrected chi connectivity index (χ4v) is 1.90. The number of halogens is 2. The Bertz CT molecular complexity index is 367. The smallest absolute Gasteiger partial charge is 0.177 e. The molecular weight excluding hydrogens is 269 g/mol. The van der Waals surface area contributed by atoms with Crippen molar-refractivity contribution in [2.45, 2.75) is 0 Å². The van der Waals surface area contributed by atoms with E-state index in [0.717, 1.165) is 0 Å². The van der Waals surface area contributed by atoms with Crippen molar-refractivity contribution < 1.29 is 4.74 Å². The topological polar surface area (TPSA) is 73.6 Å². The zero-order valence-corrected chi connectivity index (χ0v) is 10.6. The number of nitrogens with zero attached hydrogens (tertiary/aromatic N) is 1. The van der Waals surface area contributed by atoms with E-state index in [1.54, 1.807) is 18.2 Å². The minimum absolute atomic E-state index is 0.314. The molecule has 1 rings (SSSR count). The van der Waals surface area contributed by atoms with Crippen LogP contribution in [-0.4, -0.2) is 17.5 Å². The predicted octanol–water partition coefficient (Wildman–Crippen LogP) is 2.29. The van der Waals surface area contributed by atoms with Crippen LogP contribution in [0.1, 0.15) is 0 Å². The normalized spacial score (nSPS) is 11.5. The van der Waals surface area contributed by atoms with E-state index in [0.29, 0.717) is 33.3 Å². The largest absolute Gasteiger partial charge is 0.490 e. The first-order valence-electron chi connectivity index (χ1n) is 4.38. The van der Waals surface area contributed by atoms with Gasteiger partial charge in [0.15, 0.2) is 10.9 Å². The van der Waals surface area contributed by atoms with Crippen molar-refractivity contribution >= 4 is 40.1 Å². The summed E-state index contributed by atoms with van der Waals surface area (Å²) >= 11 is 13.1. The number of benzene rings is 1. The van der Waals surface area contributed by atoms with E-state index in [1.165, 1.54) is 11.8 Å². The number of rotatable bonds is 4. The Labute approximate surface area is 108 Å². The molecule has 0 aliphatic heterocycles. The Balaban J connectivity index is 2.43. The highest BCUT2D eigenvalue weighted by Crippen LogP contribution is 2.32. The van der Waals surface area contributed by atoms with Crippen molar-refractivity contribution in [3.63, 3.8) is 0 Å². The van der Waals surface area contributed by atoms with Crippen molar-refractivity contribution in [2.75, 3.05) is 12.4 Å². The lowest BCUT2D eigenvalue weighted by atomic mass is 10.3. The molecule has 0 bridgehead atoms. The van der Waals surface area contributed by atoms with Crippen LogP contribution in [0, 0.1) is 0 Å². The predicted molar refractivity (Wildman–Crippen MR) is 70.2 cm³/mol. The number of ether oxygens (including phenoxy) is 1. The van der Waals surface area contributed by atoms with Gasteiger partial charge in [-0.25, -0.2) is 0 Å². The van der Waals surface area contributed by atoms with Crippen LogP contribution in [0.25, 0.3) is 0 Å². The quantitative estimate of drug-likeness (QED) is 0.292. The molecular formula is C9H11Cl2N3OS. The number of para-hydroxylation sites is 1. The highest BCUT2D eigenvalue weighted by atomic mass is 35.5. The molecule has 0 aromatic heterocycles. The van der Waals surface area contributed by atoms with Crippen LogP contribution in [-0.2, 0) is 0 Å².